The fraction of sp³-hybridized carbons (Fsp3) is 1.00. The Morgan fingerprint density at radius 2 is 1.60 bits per heavy atom. The molecule has 0 radical (unpaired) electrons. The molecule has 4 heteroatoms. The largest absolute Gasteiger partial charge is 1.00 e. The number of rotatable bonds is 0. The van der Waals surface area contributed by atoms with Crippen molar-refractivity contribution in [3.8, 4) is 0 Å². The first-order valence-corrected chi connectivity index (χ1v) is 3.10. The van der Waals surface area contributed by atoms with E-state index in [1.54, 1.807) is 6.92 Å². The average molecular weight is 158 g/mol. The summed E-state index contributed by atoms with van der Waals surface area (Å²) in [6.07, 6.45) is 2.56. The van der Waals surface area contributed by atoms with Crippen molar-refractivity contribution in [2.75, 3.05) is 19.8 Å². The fourth-order valence-electron chi connectivity index (χ4n) is 0.510. The van der Waals surface area contributed by atoms with Gasteiger partial charge in [0.1, 0.15) is 0 Å². The smallest absolute Gasteiger partial charge is 0.870 e. The van der Waals surface area contributed by atoms with Crippen molar-refractivity contribution < 1.29 is 44.9 Å². The van der Waals surface area contributed by atoms with E-state index in [4.69, 9.17) is 9.84 Å². The molecule has 1 aliphatic heterocycles. The first-order valence-electron chi connectivity index (χ1n) is 3.10. The molecule has 0 amide bonds. The molecule has 0 aromatic heterocycles. The van der Waals surface area contributed by atoms with Crippen molar-refractivity contribution in [1.29, 1.82) is 0 Å². The van der Waals surface area contributed by atoms with E-state index in [0.717, 1.165) is 13.2 Å². The first-order chi connectivity index (χ1) is 3.91. The molecule has 1 rings (SSSR count). The second-order valence-corrected chi connectivity index (χ2v) is 1.64. The molecule has 0 unspecified atom stereocenters. The van der Waals surface area contributed by atoms with Crippen LogP contribution in [0.15, 0.2) is 0 Å². The Morgan fingerprint density at radius 3 is 1.70 bits per heavy atom. The third-order valence-electron chi connectivity index (χ3n) is 0.827. The van der Waals surface area contributed by atoms with Crippen LogP contribution < -0.4 is 29.6 Å². The van der Waals surface area contributed by atoms with Crippen LogP contribution in [-0.2, 0) is 4.74 Å². The van der Waals surface area contributed by atoms with Crippen LogP contribution in [0.3, 0.4) is 0 Å². The molecular weight excluding hydrogens is 143 g/mol. The maximum absolute atomic E-state index is 7.57. The maximum Gasteiger partial charge on any atom is 1.00 e. The third kappa shape index (κ3) is 15.9. The zero-order chi connectivity index (χ0) is 6.24. The zero-order valence-electron chi connectivity index (χ0n) is 6.84. The van der Waals surface area contributed by atoms with Crippen molar-refractivity contribution in [3.05, 3.63) is 0 Å². The number of ether oxygens (including phenoxy) is 1. The summed E-state index contributed by atoms with van der Waals surface area (Å²) in [5, 5.41) is 7.57. The van der Waals surface area contributed by atoms with Crippen molar-refractivity contribution in [2.45, 2.75) is 19.8 Å². The molecule has 1 heterocycles. The predicted octanol–water partition coefficient (Wildman–Crippen LogP) is -2.38. The molecule has 1 fully saturated rings. The van der Waals surface area contributed by atoms with Gasteiger partial charge in [-0.25, -0.2) is 0 Å². The molecule has 10 heavy (non-hydrogen) atoms. The van der Waals surface area contributed by atoms with Crippen LogP contribution in [0.1, 0.15) is 19.8 Å². The minimum absolute atomic E-state index is 0. The molecule has 0 bridgehead atoms. The van der Waals surface area contributed by atoms with E-state index in [1.165, 1.54) is 12.8 Å². The van der Waals surface area contributed by atoms with E-state index in [0.29, 0.717) is 0 Å². The van der Waals surface area contributed by atoms with Gasteiger partial charge in [0.25, 0.3) is 0 Å². The number of hydrogen-bond acceptors (Lipinski definition) is 3. The van der Waals surface area contributed by atoms with Gasteiger partial charge >= 0.3 is 29.6 Å². The molecule has 2 N–H and O–H groups in total. The molecule has 1 saturated heterocycles. The summed E-state index contributed by atoms with van der Waals surface area (Å²) in [6.45, 7) is 3.93. The summed E-state index contributed by atoms with van der Waals surface area (Å²) in [7, 11) is 0. The molecule has 0 aliphatic carbocycles. The summed E-state index contributed by atoms with van der Waals surface area (Å²) in [6, 6.07) is 0. The Morgan fingerprint density at radius 1 is 1.30 bits per heavy atom. The van der Waals surface area contributed by atoms with E-state index in [2.05, 4.69) is 0 Å². The van der Waals surface area contributed by atoms with Gasteiger partial charge in [-0.1, -0.05) is 0 Å². The van der Waals surface area contributed by atoms with Crippen LogP contribution in [0.4, 0.5) is 0 Å². The average Bonchev–Trinajstić information content (AvgIpc) is 2.17. The van der Waals surface area contributed by atoms with E-state index in [-0.39, 0.29) is 41.6 Å². The van der Waals surface area contributed by atoms with Crippen molar-refractivity contribution >= 4 is 0 Å². The quantitative estimate of drug-likeness (QED) is 0.401. The van der Waals surface area contributed by atoms with Gasteiger partial charge in [-0.2, -0.15) is 0 Å². The summed E-state index contributed by atoms with van der Waals surface area (Å²) in [4.78, 5) is 0. The van der Waals surface area contributed by atoms with Gasteiger partial charge < -0.3 is 15.3 Å². The van der Waals surface area contributed by atoms with Crippen molar-refractivity contribution in [3.63, 3.8) is 0 Å². The Labute approximate surface area is 84.4 Å². The summed E-state index contributed by atoms with van der Waals surface area (Å²) >= 11 is 0. The number of aliphatic hydroxyl groups is 1. The molecule has 0 saturated carbocycles. The van der Waals surface area contributed by atoms with Gasteiger partial charge in [0, 0.05) is 19.8 Å². The van der Waals surface area contributed by atoms with Crippen molar-refractivity contribution in [1.82, 2.24) is 0 Å². The second kappa shape index (κ2) is 16.5. The summed E-state index contributed by atoms with van der Waals surface area (Å²) in [5.41, 5.74) is 0. The monoisotopic (exact) mass is 158 g/mol. The van der Waals surface area contributed by atoms with Gasteiger partial charge in [-0.05, 0) is 19.8 Å². The third-order valence-corrected chi connectivity index (χ3v) is 0.827. The van der Waals surface area contributed by atoms with Crippen LogP contribution in [0.2, 0.25) is 0 Å². The molecule has 0 atom stereocenters. The van der Waals surface area contributed by atoms with Gasteiger partial charge in [0.2, 0.25) is 0 Å². The first kappa shape index (κ1) is 17.1. The maximum atomic E-state index is 7.57. The molecule has 1 aliphatic rings. The fourth-order valence-corrected chi connectivity index (χ4v) is 0.510. The molecular formula is C6H15NaO3. The minimum atomic E-state index is 0. The molecule has 0 spiro atoms. The van der Waals surface area contributed by atoms with E-state index < -0.39 is 0 Å². The predicted molar refractivity (Wildman–Crippen MR) is 34.7 cm³/mol. The molecule has 0 aromatic rings. The number of aliphatic hydroxyl groups excluding tert-OH is 1. The van der Waals surface area contributed by atoms with Crippen LogP contribution >= 0.6 is 0 Å². The topological polar surface area (TPSA) is 59.5 Å². The molecule has 58 valence electrons. The van der Waals surface area contributed by atoms with Crippen LogP contribution in [0.25, 0.3) is 0 Å². The minimum Gasteiger partial charge on any atom is -0.870 e. The Hall–Kier alpha value is 0.880. The second-order valence-electron chi connectivity index (χ2n) is 1.64. The van der Waals surface area contributed by atoms with Gasteiger partial charge in [-0.3, -0.25) is 0 Å². The zero-order valence-corrected chi connectivity index (χ0v) is 8.84. The van der Waals surface area contributed by atoms with Crippen LogP contribution in [0.5, 0.6) is 0 Å². The van der Waals surface area contributed by atoms with E-state index in [1.807, 2.05) is 0 Å². The normalized spacial score (nSPS) is 13.8. The van der Waals surface area contributed by atoms with Crippen LogP contribution in [-0.4, -0.2) is 30.4 Å². The van der Waals surface area contributed by atoms with Crippen LogP contribution in [0, 0.1) is 0 Å². The summed E-state index contributed by atoms with van der Waals surface area (Å²) in [5.74, 6) is 0. The Balaban J connectivity index is -0.0000000900. The van der Waals surface area contributed by atoms with E-state index in [9.17, 15) is 0 Å². The standard InChI is InChI=1S/C4H8O.C2H6O.Na.H2O/c1-2-4-5-3-1;1-2-3;;/h1-4H2;3H,2H2,1H3;;1H2/q;;+1;/p-1. The van der Waals surface area contributed by atoms with Gasteiger partial charge in [-0.15, -0.1) is 0 Å². The van der Waals surface area contributed by atoms with E-state index >= 15 is 0 Å². The number of hydrogen-bond donors (Lipinski definition) is 1. The summed E-state index contributed by atoms with van der Waals surface area (Å²) < 4.78 is 4.94. The SMILES string of the molecule is C1CCOC1.CCO.[Na+].[OH-]. The molecule has 0 aromatic carbocycles. The van der Waals surface area contributed by atoms with Gasteiger partial charge in [0.15, 0.2) is 0 Å². The Bertz CT molecular complexity index is 32.4. The van der Waals surface area contributed by atoms with Gasteiger partial charge in [0.05, 0.1) is 0 Å². The van der Waals surface area contributed by atoms with Crippen molar-refractivity contribution in [2.24, 2.45) is 0 Å². The molecule has 3 nitrogen and oxygen atoms in total. The Kier molecular flexibility index (Phi) is 28.2.